The highest BCUT2D eigenvalue weighted by Gasteiger charge is 2.53. The molecule has 92 valence electrons. The summed E-state index contributed by atoms with van der Waals surface area (Å²) in [5, 5.41) is 19.3. The van der Waals surface area contributed by atoms with E-state index < -0.39 is 23.9 Å². The van der Waals surface area contributed by atoms with Crippen molar-refractivity contribution in [2.75, 3.05) is 6.54 Å². The summed E-state index contributed by atoms with van der Waals surface area (Å²) in [4.78, 5) is 13.3. The molecule has 0 unspecified atom stereocenters. The number of fused-ring (bicyclic) bond motifs is 2. The van der Waals surface area contributed by atoms with E-state index in [9.17, 15) is 15.0 Å². The molecule has 2 fully saturated rings. The third-order valence-electron chi connectivity index (χ3n) is 3.23. The topological polar surface area (TPSA) is 70.0 Å². The second-order valence-corrected chi connectivity index (χ2v) is 5.68. The maximum atomic E-state index is 11.8. The lowest BCUT2D eigenvalue weighted by Crippen LogP contribution is -2.51. The van der Waals surface area contributed by atoms with E-state index in [1.165, 1.54) is 4.90 Å². The molecule has 2 bridgehead atoms. The zero-order valence-corrected chi connectivity index (χ0v) is 9.88. The Morgan fingerprint density at radius 2 is 1.94 bits per heavy atom. The van der Waals surface area contributed by atoms with E-state index >= 15 is 0 Å². The van der Waals surface area contributed by atoms with E-state index in [4.69, 9.17) is 4.74 Å². The van der Waals surface area contributed by atoms with Gasteiger partial charge < -0.3 is 19.8 Å². The van der Waals surface area contributed by atoms with Crippen molar-refractivity contribution in [3.05, 3.63) is 0 Å². The zero-order chi connectivity index (χ0) is 12.1. The second-order valence-electron chi connectivity index (χ2n) is 5.68. The van der Waals surface area contributed by atoms with Gasteiger partial charge in [0.05, 0.1) is 12.1 Å². The molecular weight excluding hydrogens is 210 g/mol. The van der Waals surface area contributed by atoms with E-state index in [1.54, 1.807) is 0 Å². The number of amides is 1. The normalized spacial score (nSPS) is 37.9. The van der Waals surface area contributed by atoms with Crippen LogP contribution in [0.2, 0.25) is 0 Å². The summed E-state index contributed by atoms with van der Waals surface area (Å²) in [7, 11) is 0. The van der Waals surface area contributed by atoms with Crippen LogP contribution in [0.5, 0.6) is 0 Å². The molecule has 1 aliphatic carbocycles. The van der Waals surface area contributed by atoms with E-state index in [-0.39, 0.29) is 12.0 Å². The molecule has 1 heterocycles. The highest BCUT2D eigenvalue weighted by Crippen LogP contribution is 2.38. The van der Waals surface area contributed by atoms with Crippen molar-refractivity contribution >= 4 is 6.09 Å². The number of hydrogen-bond acceptors (Lipinski definition) is 4. The maximum absolute atomic E-state index is 11.8. The minimum atomic E-state index is -0.828. The number of aliphatic hydroxyl groups excluding tert-OH is 2. The molecule has 0 radical (unpaired) electrons. The monoisotopic (exact) mass is 229 g/mol. The Kier molecular flexibility index (Phi) is 2.62. The van der Waals surface area contributed by atoms with E-state index in [0.717, 1.165) is 0 Å². The minimum Gasteiger partial charge on any atom is -0.444 e. The van der Waals surface area contributed by atoms with Crippen molar-refractivity contribution in [3.8, 4) is 0 Å². The Morgan fingerprint density at radius 1 is 1.31 bits per heavy atom. The van der Waals surface area contributed by atoms with Gasteiger partial charge in [-0.1, -0.05) is 0 Å². The molecule has 2 aliphatic rings. The summed E-state index contributed by atoms with van der Waals surface area (Å²) in [6, 6.07) is -0.283. The number of rotatable bonds is 0. The smallest absolute Gasteiger partial charge is 0.410 e. The first-order chi connectivity index (χ1) is 7.29. The summed E-state index contributed by atoms with van der Waals surface area (Å²) in [6.07, 6.45) is -1.25. The summed E-state index contributed by atoms with van der Waals surface area (Å²) in [5.41, 5.74) is -0.525. The molecule has 0 aromatic carbocycles. The largest absolute Gasteiger partial charge is 0.444 e. The van der Waals surface area contributed by atoms with Gasteiger partial charge in [0, 0.05) is 12.5 Å². The average molecular weight is 229 g/mol. The number of carbonyl (C=O) groups is 1. The van der Waals surface area contributed by atoms with Gasteiger partial charge in [0.25, 0.3) is 0 Å². The first kappa shape index (κ1) is 11.7. The third-order valence-corrected chi connectivity index (χ3v) is 3.23. The molecule has 2 rings (SSSR count). The molecule has 5 nitrogen and oxygen atoms in total. The highest BCUT2D eigenvalue weighted by atomic mass is 16.6. The molecule has 4 atom stereocenters. The minimum absolute atomic E-state index is 0.00693. The van der Waals surface area contributed by atoms with Gasteiger partial charge in [-0.2, -0.15) is 0 Å². The predicted molar refractivity (Wildman–Crippen MR) is 56.8 cm³/mol. The van der Waals surface area contributed by atoms with Gasteiger partial charge in [-0.05, 0) is 27.2 Å². The molecule has 5 heteroatoms. The molecule has 1 aliphatic heterocycles. The van der Waals surface area contributed by atoms with Crippen LogP contribution < -0.4 is 0 Å². The molecular formula is C11H19NO4. The lowest BCUT2D eigenvalue weighted by atomic mass is 10.0. The molecule has 0 aromatic heterocycles. The maximum Gasteiger partial charge on any atom is 0.410 e. The summed E-state index contributed by atoms with van der Waals surface area (Å²) in [5.74, 6) is -0.00693. The summed E-state index contributed by atoms with van der Waals surface area (Å²) >= 11 is 0. The van der Waals surface area contributed by atoms with E-state index in [0.29, 0.717) is 13.0 Å². The SMILES string of the molecule is CC(C)(C)OC(=O)N1C[C@@H]2C[C@H]1[C@@H](O)[C@H]2O. The number of ether oxygens (including phenoxy) is 1. The molecule has 0 spiro atoms. The third kappa shape index (κ3) is 1.89. The van der Waals surface area contributed by atoms with Gasteiger partial charge in [-0.25, -0.2) is 4.79 Å². The number of likely N-dealkylation sites (tertiary alicyclic amines) is 1. The van der Waals surface area contributed by atoms with Crippen molar-refractivity contribution in [3.63, 3.8) is 0 Å². The Hall–Kier alpha value is -0.810. The number of carbonyl (C=O) groups excluding carboxylic acids is 1. The summed E-state index contributed by atoms with van der Waals surface area (Å²) in [6.45, 7) is 5.91. The van der Waals surface area contributed by atoms with Crippen LogP contribution in [0.1, 0.15) is 27.2 Å². The standard InChI is InChI=1S/C11H19NO4/c1-11(2,3)16-10(15)12-5-6-4-7(12)9(14)8(6)13/h6-9,13-14H,4-5H2,1-3H3/t6-,7-,8-,9+/m0/s1. The molecule has 1 saturated heterocycles. The molecule has 1 saturated carbocycles. The van der Waals surface area contributed by atoms with Crippen LogP contribution in [-0.4, -0.2) is 51.6 Å². The van der Waals surface area contributed by atoms with Crippen LogP contribution >= 0.6 is 0 Å². The molecule has 16 heavy (non-hydrogen) atoms. The van der Waals surface area contributed by atoms with E-state index in [2.05, 4.69) is 0 Å². The van der Waals surface area contributed by atoms with Crippen LogP contribution in [0.3, 0.4) is 0 Å². The van der Waals surface area contributed by atoms with Crippen LogP contribution in [0.25, 0.3) is 0 Å². The molecule has 2 N–H and O–H groups in total. The molecule has 1 amide bonds. The van der Waals surface area contributed by atoms with Gasteiger partial charge in [-0.15, -0.1) is 0 Å². The van der Waals surface area contributed by atoms with Crippen molar-refractivity contribution in [1.82, 2.24) is 4.90 Å². The first-order valence-corrected chi connectivity index (χ1v) is 5.65. The van der Waals surface area contributed by atoms with Crippen molar-refractivity contribution in [1.29, 1.82) is 0 Å². The zero-order valence-electron chi connectivity index (χ0n) is 9.88. The number of piperidine rings is 1. The lowest BCUT2D eigenvalue weighted by molar-refractivity contribution is -0.0513. The van der Waals surface area contributed by atoms with Gasteiger partial charge in [0.2, 0.25) is 0 Å². The van der Waals surface area contributed by atoms with Crippen LogP contribution in [0.15, 0.2) is 0 Å². The van der Waals surface area contributed by atoms with Gasteiger partial charge in [-0.3, -0.25) is 0 Å². The molecule has 0 aromatic rings. The quantitative estimate of drug-likeness (QED) is 0.628. The average Bonchev–Trinajstić information content (AvgIpc) is 2.65. The second kappa shape index (κ2) is 3.60. The fourth-order valence-corrected chi connectivity index (χ4v) is 2.51. The fraction of sp³-hybridized carbons (Fsp3) is 0.909. The van der Waals surface area contributed by atoms with Gasteiger partial charge in [0.15, 0.2) is 0 Å². The predicted octanol–water partition coefficient (Wildman–Crippen LogP) is 0.347. The van der Waals surface area contributed by atoms with Crippen molar-refractivity contribution < 1.29 is 19.7 Å². The Morgan fingerprint density at radius 3 is 2.38 bits per heavy atom. The van der Waals surface area contributed by atoms with Gasteiger partial charge in [0.1, 0.15) is 11.7 Å². The lowest BCUT2D eigenvalue weighted by Gasteiger charge is -2.34. The van der Waals surface area contributed by atoms with Crippen LogP contribution in [0, 0.1) is 5.92 Å². The number of nitrogens with zero attached hydrogens (tertiary/aromatic N) is 1. The van der Waals surface area contributed by atoms with Crippen molar-refractivity contribution in [2.45, 2.75) is 51.0 Å². The Labute approximate surface area is 95.0 Å². The first-order valence-electron chi connectivity index (χ1n) is 5.65. The van der Waals surface area contributed by atoms with Crippen LogP contribution in [-0.2, 0) is 4.74 Å². The van der Waals surface area contributed by atoms with Crippen molar-refractivity contribution in [2.24, 2.45) is 5.92 Å². The number of hydrogen-bond donors (Lipinski definition) is 2. The van der Waals surface area contributed by atoms with Gasteiger partial charge >= 0.3 is 6.09 Å². The summed E-state index contributed by atoms with van der Waals surface area (Å²) < 4.78 is 5.25. The van der Waals surface area contributed by atoms with E-state index in [1.807, 2.05) is 20.8 Å². The Bertz CT molecular complexity index is 297. The number of aliphatic hydroxyl groups is 2. The fourth-order valence-electron chi connectivity index (χ4n) is 2.51. The Balaban J connectivity index is 2.01. The van der Waals surface area contributed by atoms with Crippen LogP contribution in [0.4, 0.5) is 4.79 Å². The highest BCUT2D eigenvalue weighted by molar-refractivity contribution is 5.69.